The minimum Gasteiger partial charge on any atom is -0.756 e. The van der Waals surface area contributed by atoms with Crippen LogP contribution >= 0.6 is 23.5 Å². The fourth-order valence-electron chi connectivity index (χ4n) is 4.07. The molecule has 238 valence electrons. The zero-order valence-electron chi connectivity index (χ0n) is 23.0. The van der Waals surface area contributed by atoms with Gasteiger partial charge in [-0.25, -0.2) is 13.4 Å². The van der Waals surface area contributed by atoms with Crippen LogP contribution in [-0.2, 0) is 36.1 Å². The average Bonchev–Trinajstić information content (AvgIpc) is 3.22. The molecule has 0 radical (unpaired) electrons. The van der Waals surface area contributed by atoms with Crippen LogP contribution in [0.3, 0.4) is 0 Å². The van der Waals surface area contributed by atoms with Crippen LogP contribution in [0.5, 0.6) is 0 Å². The van der Waals surface area contributed by atoms with E-state index >= 15 is 0 Å². The topological polar surface area (TPSA) is 242 Å². The zero-order valence-corrected chi connectivity index (χ0v) is 25.7. The fourth-order valence-corrected chi connectivity index (χ4v) is 7.48. The summed E-state index contributed by atoms with van der Waals surface area (Å²) in [4.78, 5) is 61.3. The molecule has 0 bridgehead atoms. The number of phosphoric ester groups is 2. The highest BCUT2D eigenvalue weighted by Crippen LogP contribution is 2.63. The zero-order chi connectivity index (χ0) is 30.7. The van der Waals surface area contributed by atoms with Gasteiger partial charge in [0.15, 0.2) is 0 Å². The molecule has 0 aliphatic carbocycles. The Bertz CT molecular complexity index is 1220. The van der Waals surface area contributed by atoms with Gasteiger partial charge in [-0.2, -0.15) is 0 Å². The number of aromatic amines is 1. The summed E-state index contributed by atoms with van der Waals surface area (Å²) in [5.41, 5.74) is -1.28. The molecule has 0 amide bonds. The summed E-state index contributed by atoms with van der Waals surface area (Å²) in [5, 5.41) is 10.2. The molecule has 16 nitrogen and oxygen atoms in total. The lowest BCUT2D eigenvalue weighted by molar-refractivity contribution is -0.251. The van der Waals surface area contributed by atoms with Crippen LogP contribution in [0.25, 0.3) is 0 Å². The molecule has 0 aromatic carbocycles. The summed E-state index contributed by atoms with van der Waals surface area (Å²) in [6.07, 6.45) is 7.00. The molecule has 1 aromatic rings. The van der Waals surface area contributed by atoms with Gasteiger partial charge < -0.3 is 33.6 Å². The van der Waals surface area contributed by atoms with Crippen molar-refractivity contribution in [1.29, 1.82) is 0 Å². The number of ether oxygens (including phenoxy) is 1. The summed E-state index contributed by atoms with van der Waals surface area (Å²) in [6, 6.07) is 0. The summed E-state index contributed by atoms with van der Waals surface area (Å²) in [6.45, 7) is 2.27. The first-order valence-corrected chi connectivity index (χ1v) is 17.8. The van der Waals surface area contributed by atoms with E-state index in [1.807, 2.05) is 0 Å². The van der Waals surface area contributed by atoms with Gasteiger partial charge in [-0.05, 0) is 13.3 Å². The molecule has 2 rings (SSSR count). The summed E-state index contributed by atoms with van der Waals surface area (Å²) in [7, 11) is -17.2. The monoisotopic (exact) mass is 647 g/mol. The van der Waals surface area contributed by atoms with Crippen LogP contribution in [0.15, 0.2) is 15.8 Å². The van der Waals surface area contributed by atoms with Gasteiger partial charge in [0.05, 0.1) is 19.3 Å². The quantitative estimate of drug-likeness (QED) is 0.152. The SMILES string of the molecule is CCCCCCCCCCCCOP(=O)([O-])OP(=O)([O-])OP(=O)([O-])OC[C@@H]1O[C@H](n2cc(C)c(=O)[nH]c2=O)CC1O. The minimum absolute atomic E-state index is 0.175. The molecule has 6 atom stereocenters. The van der Waals surface area contributed by atoms with Crippen molar-refractivity contribution in [2.24, 2.45) is 0 Å². The van der Waals surface area contributed by atoms with Crippen molar-refractivity contribution in [1.82, 2.24) is 9.55 Å². The summed E-state index contributed by atoms with van der Waals surface area (Å²) in [5.74, 6) is 0. The Morgan fingerprint density at radius 1 is 0.927 bits per heavy atom. The first-order valence-electron chi connectivity index (χ1n) is 13.4. The van der Waals surface area contributed by atoms with E-state index in [1.54, 1.807) is 0 Å². The number of nitrogens with one attached hydrogen (secondary N) is 1. The van der Waals surface area contributed by atoms with E-state index in [-0.39, 0.29) is 18.6 Å². The van der Waals surface area contributed by atoms with Gasteiger partial charge in [0.1, 0.15) is 12.3 Å². The van der Waals surface area contributed by atoms with Gasteiger partial charge in [0.25, 0.3) is 29.0 Å². The first-order chi connectivity index (χ1) is 19.1. The molecule has 2 heterocycles. The Hall–Kier alpha value is -0.990. The molecular weight excluding hydrogens is 609 g/mol. The standard InChI is InChI=1S/C22H41N2O14P3/c1-3-4-5-6-7-8-9-10-11-12-13-34-39(28,29)37-41(32,33)38-40(30,31)35-16-19-18(25)14-20(36-19)24-15-17(2)21(26)23-22(24)27/h15,18-20,25H,3-14,16H2,1-2H3,(H,28,29)(H,30,31)(H,32,33)(H,23,26,27)/p-3/t18?,19-,20-/m0/s1. The largest absolute Gasteiger partial charge is 0.756 e. The van der Waals surface area contributed by atoms with Crippen molar-refractivity contribution in [3.63, 3.8) is 0 Å². The Kier molecular flexibility index (Phi) is 14.8. The third-order valence-corrected chi connectivity index (χ3v) is 10.4. The van der Waals surface area contributed by atoms with Crippen molar-refractivity contribution in [2.75, 3.05) is 13.2 Å². The van der Waals surface area contributed by atoms with Gasteiger partial charge >= 0.3 is 5.69 Å². The number of hydrogen-bond acceptors (Lipinski definition) is 14. The van der Waals surface area contributed by atoms with Crippen molar-refractivity contribution >= 4 is 23.5 Å². The van der Waals surface area contributed by atoms with Gasteiger partial charge in [-0.3, -0.25) is 28.0 Å². The number of aliphatic hydroxyl groups excluding tert-OH is 1. The van der Waals surface area contributed by atoms with E-state index in [0.29, 0.717) is 12.8 Å². The Morgan fingerprint density at radius 2 is 1.46 bits per heavy atom. The predicted molar refractivity (Wildman–Crippen MR) is 139 cm³/mol. The second kappa shape index (κ2) is 16.7. The van der Waals surface area contributed by atoms with E-state index in [0.717, 1.165) is 30.3 Å². The molecule has 1 aromatic heterocycles. The Labute approximate surface area is 237 Å². The lowest BCUT2D eigenvalue weighted by Gasteiger charge is -2.34. The maximum absolute atomic E-state index is 12.0. The van der Waals surface area contributed by atoms with Gasteiger partial charge in [0.2, 0.25) is 0 Å². The van der Waals surface area contributed by atoms with Crippen LogP contribution in [-0.4, -0.2) is 40.1 Å². The number of hydrogen-bond donors (Lipinski definition) is 2. The van der Waals surface area contributed by atoms with Gasteiger partial charge in [-0.15, -0.1) is 0 Å². The number of aromatic nitrogens is 2. The molecule has 1 aliphatic rings. The number of phosphoric acid groups is 3. The van der Waals surface area contributed by atoms with E-state index in [4.69, 9.17) is 4.74 Å². The second-order valence-corrected chi connectivity index (χ2v) is 14.2. The van der Waals surface area contributed by atoms with E-state index in [9.17, 15) is 43.1 Å². The Balaban J connectivity index is 1.74. The third-order valence-electron chi connectivity index (χ3n) is 6.20. The summed E-state index contributed by atoms with van der Waals surface area (Å²) < 4.78 is 58.6. The lowest BCUT2D eigenvalue weighted by Crippen LogP contribution is -2.33. The average molecular weight is 647 g/mol. The summed E-state index contributed by atoms with van der Waals surface area (Å²) >= 11 is 0. The molecule has 41 heavy (non-hydrogen) atoms. The van der Waals surface area contributed by atoms with Crippen LogP contribution in [0.2, 0.25) is 0 Å². The highest BCUT2D eigenvalue weighted by molar-refractivity contribution is 7.65. The molecule has 19 heteroatoms. The van der Waals surface area contributed by atoms with E-state index in [2.05, 4.69) is 29.6 Å². The lowest BCUT2D eigenvalue weighted by atomic mass is 10.1. The number of rotatable bonds is 20. The predicted octanol–water partition coefficient (Wildman–Crippen LogP) is 1.89. The van der Waals surface area contributed by atoms with E-state index < -0.39 is 59.8 Å². The highest BCUT2D eigenvalue weighted by atomic mass is 31.3. The smallest absolute Gasteiger partial charge is 0.330 e. The second-order valence-electron chi connectivity index (χ2n) is 9.73. The molecule has 0 saturated carbocycles. The normalized spacial score (nSPS) is 23.6. The number of aryl methyl sites for hydroxylation is 1. The number of nitrogens with zero attached hydrogens (tertiary/aromatic N) is 1. The van der Waals surface area contributed by atoms with Crippen LogP contribution < -0.4 is 25.9 Å². The molecular formula is C22H38N2O14P3-3. The molecule has 1 aliphatic heterocycles. The number of H-pyrrole nitrogens is 1. The molecule has 1 fully saturated rings. The highest BCUT2D eigenvalue weighted by Gasteiger charge is 2.37. The molecule has 2 N–H and O–H groups in total. The van der Waals surface area contributed by atoms with Crippen LogP contribution in [0.4, 0.5) is 0 Å². The maximum Gasteiger partial charge on any atom is 0.330 e. The number of aliphatic hydroxyl groups is 1. The Morgan fingerprint density at radius 3 is 2.05 bits per heavy atom. The van der Waals surface area contributed by atoms with Crippen molar-refractivity contribution in [3.8, 4) is 0 Å². The van der Waals surface area contributed by atoms with Crippen LogP contribution in [0.1, 0.15) is 89.3 Å². The minimum atomic E-state index is -6.00. The third kappa shape index (κ3) is 13.5. The van der Waals surface area contributed by atoms with Gasteiger partial charge in [0, 0.05) is 18.2 Å². The maximum atomic E-state index is 12.0. The van der Waals surface area contributed by atoms with Crippen molar-refractivity contribution in [2.45, 2.75) is 103 Å². The fraction of sp³-hybridized carbons (Fsp3) is 0.818. The van der Waals surface area contributed by atoms with Crippen molar-refractivity contribution < 1.29 is 55.9 Å². The van der Waals surface area contributed by atoms with Crippen LogP contribution in [0, 0.1) is 6.92 Å². The van der Waals surface area contributed by atoms with E-state index in [1.165, 1.54) is 38.8 Å². The van der Waals surface area contributed by atoms with Gasteiger partial charge in [-0.1, -0.05) is 64.7 Å². The van der Waals surface area contributed by atoms with Crippen molar-refractivity contribution in [3.05, 3.63) is 32.6 Å². The first kappa shape index (κ1) is 36.2. The number of unbranched alkanes of at least 4 members (excludes halogenated alkanes) is 9. The molecule has 0 spiro atoms. The molecule has 4 unspecified atom stereocenters. The molecule has 1 saturated heterocycles.